The Kier molecular flexibility index (Phi) is 5.55. The number of benzene rings is 3. The molecule has 7 nitrogen and oxygen atoms in total. The fraction of sp³-hybridized carbons (Fsp3) is 0.154. The molecule has 34 heavy (non-hydrogen) atoms. The van der Waals surface area contributed by atoms with Gasteiger partial charge in [-0.1, -0.05) is 42.5 Å². The lowest BCUT2D eigenvalue weighted by Crippen LogP contribution is -2.25. The molecule has 8 heteroatoms. The second-order valence-corrected chi connectivity index (χ2v) is 10.0. The maximum absolute atomic E-state index is 13.2. The van der Waals surface area contributed by atoms with E-state index in [0.717, 1.165) is 18.4 Å². The van der Waals surface area contributed by atoms with Crippen LogP contribution in [0.15, 0.2) is 86.9 Å². The molecule has 0 spiro atoms. The summed E-state index contributed by atoms with van der Waals surface area (Å²) in [6.45, 7) is 1.70. The fourth-order valence-corrected chi connectivity index (χ4v) is 5.13. The molecule has 1 aromatic heterocycles. The predicted molar refractivity (Wildman–Crippen MR) is 130 cm³/mol. The Bertz CT molecular complexity index is 1570. The number of carbonyl (C=O) groups excluding carboxylic acids is 1. The molecule has 4 aromatic rings. The van der Waals surface area contributed by atoms with E-state index < -0.39 is 15.9 Å². The molecule has 1 saturated carbocycles. The van der Waals surface area contributed by atoms with Crippen molar-refractivity contribution in [1.82, 2.24) is 4.72 Å². The van der Waals surface area contributed by atoms with Crippen LogP contribution in [-0.2, 0) is 10.0 Å². The number of carbonyl (C=O) groups is 1. The Labute approximate surface area is 196 Å². The highest BCUT2D eigenvalue weighted by atomic mass is 32.2. The van der Waals surface area contributed by atoms with E-state index in [0.29, 0.717) is 22.4 Å². The fourth-order valence-electron chi connectivity index (χ4n) is 3.78. The van der Waals surface area contributed by atoms with Crippen molar-refractivity contribution in [2.75, 3.05) is 5.32 Å². The average molecular weight is 475 g/mol. The lowest BCUT2D eigenvalue weighted by molar-refractivity contribution is 0.102. The minimum absolute atomic E-state index is 0.0240. The number of nitrogens with one attached hydrogen (secondary N) is 2. The first-order valence-corrected chi connectivity index (χ1v) is 12.4. The molecule has 5 rings (SSSR count). The van der Waals surface area contributed by atoms with Gasteiger partial charge in [-0.3, -0.25) is 9.59 Å². The van der Waals surface area contributed by atoms with Crippen LogP contribution in [0.3, 0.4) is 0 Å². The van der Waals surface area contributed by atoms with Crippen LogP contribution < -0.4 is 15.5 Å². The Hall–Kier alpha value is -3.75. The zero-order valence-electron chi connectivity index (χ0n) is 18.4. The van der Waals surface area contributed by atoms with Gasteiger partial charge in [-0.15, -0.1) is 0 Å². The van der Waals surface area contributed by atoms with Crippen LogP contribution in [0.1, 0.15) is 28.8 Å². The Balaban J connectivity index is 1.52. The molecule has 1 heterocycles. The van der Waals surface area contributed by atoms with E-state index >= 15 is 0 Å². The quantitative estimate of drug-likeness (QED) is 0.429. The molecule has 0 radical (unpaired) electrons. The third-order valence-corrected chi connectivity index (χ3v) is 7.25. The third-order valence-electron chi connectivity index (χ3n) is 5.73. The summed E-state index contributed by atoms with van der Waals surface area (Å²) in [7, 11) is -3.66. The van der Waals surface area contributed by atoms with Crippen LogP contribution in [-0.4, -0.2) is 20.4 Å². The average Bonchev–Trinajstić information content (AvgIpc) is 3.65. The zero-order chi connectivity index (χ0) is 23.9. The van der Waals surface area contributed by atoms with E-state index in [1.165, 1.54) is 12.1 Å². The number of sulfonamides is 1. The lowest BCUT2D eigenvalue weighted by atomic mass is 10.0. The van der Waals surface area contributed by atoms with Gasteiger partial charge in [0.1, 0.15) is 5.76 Å². The maximum atomic E-state index is 13.2. The smallest absolute Gasteiger partial charge is 0.259 e. The van der Waals surface area contributed by atoms with Gasteiger partial charge < -0.3 is 9.73 Å². The van der Waals surface area contributed by atoms with Crippen molar-refractivity contribution < 1.29 is 17.6 Å². The molecule has 0 bridgehead atoms. The number of rotatable bonds is 6. The molecular weight excluding hydrogens is 452 g/mol. The highest BCUT2D eigenvalue weighted by Gasteiger charge is 2.28. The van der Waals surface area contributed by atoms with Gasteiger partial charge >= 0.3 is 0 Å². The normalized spacial score (nSPS) is 13.7. The number of anilines is 1. The predicted octanol–water partition coefficient (Wildman–Crippen LogP) is 4.46. The van der Waals surface area contributed by atoms with Gasteiger partial charge in [0.15, 0.2) is 11.0 Å². The SMILES string of the molecule is Cc1c(-c2ccccc2)oc2c(C(=O)Nc3cccc(S(=O)(=O)NC4CC4)c3)cccc2c1=O. The molecule has 1 amide bonds. The molecule has 0 saturated heterocycles. The van der Waals surface area contributed by atoms with E-state index in [1.54, 1.807) is 37.3 Å². The molecular formula is C26H22N2O5S. The molecule has 1 fully saturated rings. The monoisotopic (exact) mass is 474 g/mol. The first kappa shape index (κ1) is 22.1. The van der Waals surface area contributed by atoms with Gasteiger partial charge in [-0.2, -0.15) is 0 Å². The lowest BCUT2D eigenvalue weighted by Gasteiger charge is -2.12. The van der Waals surface area contributed by atoms with Crippen LogP contribution in [0.4, 0.5) is 5.69 Å². The number of hydrogen-bond donors (Lipinski definition) is 2. The number of fused-ring (bicyclic) bond motifs is 1. The number of hydrogen-bond acceptors (Lipinski definition) is 5. The molecule has 0 unspecified atom stereocenters. The first-order chi connectivity index (χ1) is 16.3. The number of amides is 1. The molecule has 1 aliphatic carbocycles. The van der Waals surface area contributed by atoms with Crippen molar-refractivity contribution in [3.63, 3.8) is 0 Å². The van der Waals surface area contributed by atoms with Gasteiger partial charge in [-0.05, 0) is 50.1 Å². The summed E-state index contributed by atoms with van der Waals surface area (Å²) < 4.78 is 33.8. The molecule has 3 aromatic carbocycles. The molecule has 1 aliphatic rings. The standard InChI is InChI=1S/C26H22N2O5S/c1-16-23(29)21-11-6-12-22(25(21)33-24(16)17-7-3-2-4-8-17)26(30)27-19-9-5-10-20(15-19)34(31,32)28-18-13-14-18/h2-12,15,18,28H,13-14H2,1H3,(H,27,30). The summed E-state index contributed by atoms with van der Waals surface area (Å²) in [4.78, 5) is 26.3. The van der Waals surface area contributed by atoms with E-state index in [4.69, 9.17) is 4.42 Å². The van der Waals surface area contributed by atoms with Gasteiger partial charge in [0.25, 0.3) is 5.91 Å². The van der Waals surface area contributed by atoms with Gasteiger partial charge in [-0.25, -0.2) is 13.1 Å². The van der Waals surface area contributed by atoms with Crippen LogP contribution in [0.5, 0.6) is 0 Å². The summed E-state index contributed by atoms with van der Waals surface area (Å²) in [6, 6.07) is 20.1. The second-order valence-electron chi connectivity index (χ2n) is 8.31. The van der Waals surface area contributed by atoms with E-state index in [1.807, 2.05) is 30.3 Å². The van der Waals surface area contributed by atoms with Crippen LogP contribution in [0.25, 0.3) is 22.3 Å². The minimum Gasteiger partial charge on any atom is -0.455 e. The summed E-state index contributed by atoms with van der Waals surface area (Å²) in [5.74, 6) is -0.112. The first-order valence-electron chi connectivity index (χ1n) is 10.9. The summed E-state index contributed by atoms with van der Waals surface area (Å²) in [5, 5.41) is 3.03. The molecule has 2 N–H and O–H groups in total. The minimum atomic E-state index is -3.66. The van der Waals surface area contributed by atoms with Gasteiger partial charge in [0, 0.05) is 22.9 Å². The maximum Gasteiger partial charge on any atom is 0.259 e. The van der Waals surface area contributed by atoms with Crippen molar-refractivity contribution >= 4 is 32.6 Å². The summed E-state index contributed by atoms with van der Waals surface area (Å²) in [6.07, 6.45) is 1.65. The summed E-state index contributed by atoms with van der Waals surface area (Å²) >= 11 is 0. The largest absolute Gasteiger partial charge is 0.455 e. The van der Waals surface area contributed by atoms with Crippen molar-refractivity contribution in [1.29, 1.82) is 0 Å². The van der Waals surface area contributed by atoms with Crippen molar-refractivity contribution in [3.8, 4) is 11.3 Å². The molecule has 0 atom stereocenters. The molecule has 0 aliphatic heterocycles. The Morgan fingerprint density at radius 2 is 1.71 bits per heavy atom. The topological polar surface area (TPSA) is 105 Å². The highest BCUT2D eigenvalue weighted by molar-refractivity contribution is 7.89. The van der Waals surface area contributed by atoms with E-state index in [2.05, 4.69) is 10.0 Å². The van der Waals surface area contributed by atoms with E-state index in [9.17, 15) is 18.0 Å². The Morgan fingerprint density at radius 3 is 2.44 bits per heavy atom. The van der Waals surface area contributed by atoms with Crippen LogP contribution >= 0.6 is 0 Å². The van der Waals surface area contributed by atoms with Crippen LogP contribution in [0, 0.1) is 6.92 Å². The molecule has 172 valence electrons. The highest BCUT2D eigenvalue weighted by Crippen LogP contribution is 2.28. The Morgan fingerprint density at radius 1 is 0.971 bits per heavy atom. The van der Waals surface area contributed by atoms with Crippen LogP contribution in [0.2, 0.25) is 0 Å². The number of para-hydroxylation sites is 1. The van der Waals surface area contributed by atoms with Gasteiger partial charge in [0.05, 0.1) is 15.8 Å². The van der Waals surface area contributed by atoms with Crippen molar-refractivity contribution in [3.05, 3.63) is 94.1 Å². The second kappa shape index (κ2) is 8.55. The van der Waals surface area contributed by atoms with Gasteiger partial charge in [0.2, 0.25) is 10.0 Å². The third kappa shape index (κ3) is 4.25. The van der Waals surface area contributed by atoms with Crippen molar-refractivity contribution in [2.24, 2.45) is 0 Å². The van der Waals surface area contributed by atoms with E-state index in [-0.39, 0.29) is 27.5 Å². The zero-order valence-corrected chi connectivity index (χ0v) is 19.2. The van der Waals surface area contributed by atoms with Crippen molar-refractivity contribution in [2.45, 2.75) is 30.7 Å². The summed E-state index contributed by atoms with van der Waals surface area (Å²) in [5.41, 5.74) is 1.64.